The van der Waals surface area contributed by atoms with Gasteiger partial charge in [-0.05, 0) is 0 Å². The second-order valence-electron chi connectivity index (χ2n) is 5.93. The number of aromatic nitrogens is 2. The van der Waals surface area contributed by atoms with Crippen LogP contribution in [0.25, 0.3) is 0 Å². The van der Waals surface area contributed by atoms with Crippen LogP contribution in [0.2, 0.25) is 0 Å². The van der Waals surface area contributed by atoms with Gasteiger partial charge in [0.2, 0.25) is 0 Å². The Morgan fingerprint density at radius 2 is 1.55 bits per heavy atom. The van der Waals surface area contributed by atoms with E-state index in [-0.39, 0.29) is 8.96 Å². The number of hydrogen-bond acceptors (Lipinski definition) is 8. The second kappa shape index (κ2) is 9.69. The van der Waals surface area contributed by atoms with Crippen LogP contribution >= 0.6 is 0 Å². The summed E-state index contributed by atoms with van der Waals surface area (Å²) in [6.45, 7) is 1.71. The Morgan fingerprint density at radius 1 is 0.966 bits per heavy atom. The Bertz CT molecular complexity index is 989. The number of nitrogens with one attached hydrogen (secondary N) is 3. The summed E-state index contributed by atoms with van der Waals surface area (Å²) in [5, 5.41) is 18.6. The van der Waals surface area contributed by atoms with Crippen molar-refractivity contribution in [3.8, 4) is 11.5 Å². The standard InChI is InChI=1S/C19H21IN5O4/c1-12-17(25(27)20-26)18(22-13-6-4-8-15(10-13)28-2)24-19(21-12)23-14-7-5-9-16(11-14)29-3/h4-11,25-26H,1-3H3,(H2,21,22,23,24)/q-1. The molecule has 29 heavy (non-hydrogen) atoms. The van der Waals surface area contributed by atoms with E-state index in [2.05, 4.69) is 20.6 Å². The third-order valence-corrected chi connectivity index (χ3v) is 5.00. The van der Waals surface area contributed by atoms with Gasteiger partial charge in [-0.1, -0.05) is 0 Å². The minimum atomic E-state index is -1.64. The van der Waals surface area contributed by atoms with E-state index in [9.17, 15) is 8.64 Å². The number of quaternary nitrogens is 1. The molecule has 2 aromatic carbocycles. The van der Waals surface area contributed by atoms with Gasteiger partial charge in [-0.15, -0.1) is 0 Å². The predicted molar refractivity (Wildman–Crippen MR) is 106 cm³/mol. The number of aryl methyl sites for hydroxylation is 1. The molecule has 1 unspecified atom stereocenters. The van der Waals surface area contributed by atoms with Gasteiger partial charge in [-0.25, -0.2) is 0 Å². The Hall–Kier alpha value is -2.67. The summed E-state index contributed by atoms with van der Waals surface area (Å²) >= 11 is -1.64. The molecule has 0 radical (unpaired) electrons. The molecule has 154 valence electrons. The first-order chi connectivity index (χ1) is 14.0. The normalized spacial score (nSPS) is 11.8. The van der Waals surface area contributed by atoms with Crippen molar-refractivity contribution in [2.75, 3.05) is 24.9 Å². The van der Waals surface area contributed by atoms with Crippen molar-refractivity contribution in [3.05, 3.63) is 59.4 Å². The second-order valence-corrected chi connectivity index (χ2v) is 7.39. The van der Waals surface area contributed by atoms with Crippen LogP contribution in [-0.4, -0.2) is 27.6 Å². The number of hydrogen-bond donors (Lipinski definition) is 4. The quantitative estimate of drug-likeness (QED) is 0.177. The van der Waals surface area contributed by atoms with Crippen LogP contribution in [0.4, 0.5) is 28.8 Å². The van der Waals surface area contributed by atoms with Gasteiger partial charge in [-0.3, -0.25) is 0 Å². The number of halogens is 1. The van der Waals surface area contributed by atoms with E-state index in [1.165, 1.54) is 0 Å². The minimum absolute atomic E-state index is 0.277. The maximum absolute atomic E-state index is 12.3. The van der Waals surface area contributed by atoms with Gasteiger partial charge < -0.3 is 0 Å². The van der Waals surface area contributed by atoms with E-state index in [1.54, 1.807) is 27.2 Å². The first kappa shape index (κ1) is 21.0. The number of nitrogens with zero attached hydrogens (tertiary/aromatic N) is 2. The number of rotatable bonds is 8. The van der Waals surface area contributed by atoms with E-state index < -0.39 is 21.9 Å². The Balaban J connectivity index is 1.99. The van der Waals surface area contributed by atoms with Crippen molar-refractivity contribution in [2.45, 2.75) is 6.92 Å². The molecule has 0 spiro atoms. The van der Waals surface area contributed by atoms with Crippen LogP contribution in [0.5, 0.6) is 11.5 Å². The molecule has 3 aromatic rings. The summed E-state index contributed by atoms with van der Waals surface area (Å²) in [6.07, 6.45) is 0. The van der Waals surface area contributed by atoms with E-state index in [1.807, 2.05) is 42.5 Å². The fraction of sp³-hybridized carbons (Fsp3) is 0.158. The molecule has 0 saturated carbocycles. The molecule has 4 N–H and O–H groups in total. The van der Waals surface area contributed by atoms with Gasteiger partial charge in [0.15, 0.2) is 0 Å². The summed E-state index contributed by atoms with van der Waals surface area (Å²) in [7, 11) is 3.17. The summed E-state index contributed by atoms with van der Waals surface area (Å²) < 4.78 is 19.6. The van der Waals surface area contributed by atoms with Crippen LogP contribution in [-0.2, 0) is 0 Å². The molecule has 3 rings (SSSR count). The van der Waals surface area contributed by atoms with Gasteiger partial charge >= 0.3 is 180 Å². The summed E-state index contributed by atoms with van der Waals surface area (Å²) in [6, 6.07) is 14.6. The molecule has 0 amide bonds. The van der Waals surface area contributed by atoms with Gasteiger partial charge in [0.1, 0.15) is 0 Å². The number of methoxy groups -OCH3 is 2. The fourth-order valence-electron chi connectivity index (χ4n) is 2.66. The van der Waals surface area contributed by atoms with Crippen LogP contribution in [0.1, 0.15) is 5.69 Å². The summed E-state index contributed by atoms with van der Waals surface area (Å²) in [5.74, 6) is 1.99. The van der Waals surface area contributed by atoms with Crippen molar-refractivity contribution in [2.24, 2.45) is 0 Å². The van der Waals surface area contributed by atoms with Gasteiger partial charge in [-0.2, -0.15) is 0 Å². The molecule has 10 heteroatoms. The zero-order chi connectivity index (χ0) is 20.8. The molecule has 0 bridgehead atoms. The molecular weight excluding hydrogens is 489 g/mol. The zero-order valence-electron chi connectivity index (χ0n) is 16.1. The Kier molecular flexibility index (Phi) is 7.04. The van der Waals surface area contributed by atoms with Crippen molar-refractivity contribution in [1.82, 2.24) is 9.97 Å². The number of anilines is 4. The van der Waals surface area contributed by atoms with Gasteiger partial charge in [0.25, 0.3) is 0 Å². The Labute approximate surface area is 179 Å². The molecule has 0 saturated heterocycles. The molecule has 0 fully saturated rings. The van der Waals surface area contributed by atoms with Crippen molar-refractivity contribution in [1.29, 1.82) is 0 Å². The predicted octanol–water partition coefficient (Wildman–Crippen LogP) is -0.785. The van der Waals surface area contributed by atoms with Crippen LogP contribution in [0.3, 0.4) is 0 Å². The van der Waals surface area contributed by atoms with Crippen molar-refractivity contribution < 1.29 is 38.1 Å². The third kappa shape index (κ3) is 5.23. The van der Waals surface area contributed by atoms with Crippen molar-refractivity contribution >= 4 is 28.8 Å². The van der Waals surface area contributed by atoms with Crippen LogP contribution in [0.15, 0.2) is 48.5 Å². The molecule has 1 heterocycles. The van der Waals surface area contributed by atoms with Crippen LogP contribution in [0, 0.1) is 12.1 Å². The van der Waals surface area contributed by atoms with Gasteiger partial charge in [0.05, 0.1) is 0 Å². The molecule has 0 aliphatic heterocycles. The number of ether oxygens (including phenoxy) is 2. The molecule has 0 aliphatic rings. The molecule has 1 aromatic heterocycles. The molecule has 9 nitrogen and oxygen atoms in total. The van der Waals surface area contributed by atoms with E-state index in [4.69, 9.17) is 9.47 Å². The van der Waals surface area contributed by atoms with Crippen LogP contribution < -0.4 is 45.3 Å². The van der Waals surface area contributed by atoms with E-state index in [0.717, 1.165) is 5.69 Å². The SMILES string of the molecule is COc1cccc(Nc2nc(C)c([NH+]([O-])[I-]O)c(Nc3cccc(OC)c3)n2)c1. The third-order valence-electron chi connectivity index (χ3n) is 4.02. The Morgan fingerprint density at radius 3 is 2.10 bits per heavy atom. The average Bonchev–Trinajstić information content (AvgIpc) is 2.73. The first-order valence-electron chi connectivity index (χ1n) is 8.57. The van der Waals surface area contributed by atoms with E-state index >= 15 is 0 Å². The van der Waals surface area contributed by atoms with Gasteiger partial charge in [0, 0.05) is 0 Å². The average molecular weight is 510 g/mol. The number of benzene rings is 2. The summed E-state index contributed by atoms with van der Waals surface area (Å²) in [4.78, 5) is 8.86. The molecule has 1 atom stereocenters. The van der Waals surface area contributed by atoms with E-state index in [0.29, 0.717) is 34.6 Å². The fourth-order valence-corrected chi connectivity index (χ4v) is 3.55. The summed E-state index contributed by atoms with van der Waals surface area (Å²) in [5.41, 5.74) is 2.18. The molecule has 0 aliphatic carbocycles. The topological polar surface area (TPSA) is 116 Å². The maximum atomic E-state index is 12.3. The molecular formula is C19H21IN5O4-. The monoisotopic (exact) mass is 510 g/mol. The first-order valence-corrected chi connectivity index (χ1v) is 10.6. The zero-order valence-corrected chi connectivity index (χ0v) is 18.2. The van der Waals surface area contributed by atoms with Crippen molar-refractivity contribution in [3.63, 3.8) is 0 Å².